The molecular formula is C16H28N2O2. The van der Waals surface area contributed by atoms with Gasteiger partial charge in [0.05, 0.1) is 13.2 Å². The van der Waals surface area contributed by atoms with E-state index in [9.17, 15) is 9.90 Å². The zero-order valence-corrected chi connectivity index (χ0v) is 12.7. The number of likely N-dealkylation sites (N-methyl/N-ethyl adjacent to an activating group) is 1. The number of rotatable bonds is 5. The van der Waals surface area contributed by atoms with E-state index in [1.54, 1.807) is 0 Å². The zero-order valence-electron chi connectivity index (χ0n) is 12.7. The van der Waals surface area contributed by atoms with Gasteiger partial charge in [-0.05, 0) is 45.6 Å². The van der Waals surface area contributed by atoms with E-state index in [0.29, 0.717) is 6.54 Å². The van der Waals surface area contributed by atoms with Crippen molar-refractivity contribution in [2.45, 2.75) is 57.9 Å². The molecule has 4 heteroatoms. The van der Waals surface area contributed by atoms with Crippen LogP contribution >= 0.6 is 0 Å². The molecule has 1 heterocycles. The molecule has 20 heavy (non-hydrogen) atoms. The normalized spacial score (nSPS) is 24.3. The van der Waals surface area contributed by atoms with Gasteiger partial charge in [-0.15, -0.1) is 0 Å². The van der Waals surface area contributed by atoms with Gasteiger partial charge in [0.15, 0.2) is 0 Å². The first kappa shape index (κ1) is 15.5. The van der Waals surface area contributed by atoms with Gasteiger partial charge in [0.25, 0.3) is 0 Å². The fourth-order valence-electron chi connectivity index (χ4n) is 3.35. The molecule has 1 unspecified atom stereocenters. The van der Waals surface area contributed by atoms with Crippen LogP contribution in [0, 0.1) is 0 Å². The summed E-state index contributed by atoms with van der Waals surface area (Å²) in [5.41, 5.74) is 1.20. The summed E-state index contributed by atoms with van der Waals surface area (Å²) in [6, 6.07) is 0.165. The van der Waals surface area contributed by atoms with E-state index in [0.717, 1.165) is 38.8 Å². The highest BCUT2D eigenvalue weighted by atomic mass is 16.3. The SMILES string of the molecule is CCN(C(=O)CN1CCCCCC1CO)C1=CCCC1. The molecular weight excluding hydrogens is 252 g/mol. The smallest absolute Gasteiger partial charge is 0.240 e. The maximum Gasteiger partial charge on any atom is 0.240 e. The van der Waals surface area contributed by atoms with E-state index in [-0.39, 0.29) is 18.6 Å². The lowest BCUT2D eigenvalue weighted by atomic mass is 10.1. The van der Waals surface area contributed by atoms with Crippen LogP contribution in [0.3, 0.4) is 0 Å². The van der Waals surface area contributed by atoms with Gasteiger partial charge in [-0.3, -0.25) is 9.69 Å². The van der Waals surface area contributed by atoms with Crippen molar-refractivity contribution in [3.8, 4) is 0 Å². The lowest BCUT2D eigenvalue weighted by Crippen LogP contribution is -2.45. The van der Waals surface area contributed by atoms with Crippen LogP contribution in [0.25, 0.3) is 0 Å². The van der Waals surface area contributed by atoms with Gasteiger partial charge in [-0.2, -0.15) is 0 Å². The molecule has 0 radical (unpaired) electrons. The molecule has 0 bridgehead atoms. The number of amides is 1. The first-order valence-corrected chi connectivity index (χ1v) is 8.10. The maximum absolute atomic E-state index is 12.6. The maximum atomic E-state index is 12.6. The second-order valence-electron chi connectivity index (χ2n) is 5.88. The van der Waals surface area contributed by atoms with E-state index in [2.05, 4.69) is 11.0 Å². The van der Waals surface area contributed by atoms with Gasteiger partial charge in [-0.25, -0.2) is 0 Å². The molecule has 1 fully saturated rings. The molecule has 1 amide bonds. The van der Waals surface area contributed by atoms with Crippen LogP contribution in [0.15, 0.2) is 11.8 Å². The molecule has 1 aliphatic heterocycles. The second kappa shape index (κ2) is 7.79. The van der Waals surface area contributed by atoms with Gasteiger partial charge >= 0.3 is 0 Å². The molecule has 0 aromatic rings. The van der Waals surface area contributed by atoms with E-state index < -0.39 is 0 Å². The molecule has 1 saturated heterocycles. The number of aliphatic hydroxyl groups excluding tert-OH is 1. The number of carbonyl (C=O) groups is 1. The van der Waals surface area contributed by atoms with Crippen LogP contribution < -0.4 is 0 Å². The molecule has 0 spiro atoms. The summed E-state index contributed by atoms with van der Waals surface area (Å²) in [5, 5.41) is 9.53. The number of hydrogen-bond donors (Lipinski definition) is 1. The summed E-state index contributed by atoms with van der Waals surface area (Å²) in [5.74, 6) is 0.195. The van der Waals surface area contributed by atoms with Gasteiger partial charge in [0.1, 0.15) is 0 Å². The molecule has 1 atom stereocenters. The van der Waals surface area contributed by atoms with Crippen LogP contribution in [0.1, 0.15) is 51.9 Å². The minimum Gasteiger partial charge on any atom is -0.395 e. The van der Waals surface area contributed by atoms with Crippen molar-refractivity contribution in [2.24, 2.45) is 0 Å². The monoisotopic (exact) mass is 280 g/mol. The summed E-state index contributed by atoms with van der Waals surface area (Å²) >= 11 is 0. The molecule has 0 aromatic heterocycles. The second-order valence-corrected chi connectivity index (χ2v) is 5.88. The first-order chi connectivity index (χ1) is 9.76. The molecule has 1 N–H and O–H groups in total. The fourth-order valence-corrected chi connectivity index (χ4v) is 3.35. The van der Waals surface area contributed by atoms with E-state index in [1.807, 2.05) is 11.8 Å². The van der Waals surface area contributed by atoms with Crippen molar-refractivity contribution >= 4 is 5.91 Å². The molecule has 2 rings (SSSR count). The van der Waals surface area contributed by atoms with E-state index in [4.69, 9.17) is 0 Å². The Morgan fingerprint density at radius 1 is 1.40 bits per heavy atom. The van der Waals surface area contributed by atoms with Gasteiger partial charge < -0.3 is 10.0 Å². The molecule has 2 aliphatic rings. The molecule has 114 valence electrons. The Balaban J connectivity index is 1.96. The summed E-state index contributed by atoms with van der Waals surface area (Å²) < 4.78 is 0. The topological polar surface area (TPSA) is 43.8 Å². The van der Waals surface area contributed by atoms with Gasteiger partial charge in [0, 0.05) is 18.3 Å². The Kier molecular flexibility index (Phi) is 6.05. The molecule has 0 aromatic carbocycles. The predicted octanol–water partition coefficient (Wildman–Crippen LogP) is 2.14. The third-order valence-electron chi connectivity index (χ3n) is 4.53. The number of nitrogens with zero attached hydrogens (tertiary/aromatic N) is 2. The Labute approximate surface area is 122 Å². The van der Waals surface area contributed by atoms with Crippen molar-refractivity contribution in [1.82, 2.24) is 9.80 Å². The summed E-state index contributed by atoms with van der Waals surface area (Å²) in [6.45, 7) is 4.36. The summed E-state index contributed by atoms with van der Waals surface area (Å²) in [6.07, 6.45) is 10.0. The Morgan fingerprint density at radius 3 is 2.90 bits per heavy atom. The van der Waals surface area contributed by atoms with E-state index >= 15 is 0 Å². The Morgan fingerprint density at radius 2 is 2.25 bits per heavy atom. The molecule has 1 aliphatic carbocycles. The van der Waals surface area contributed by atoms with Crippen LogP contribution in [-0.2, 0) is 4.79 Å². The fraction of sp³-hybridized carbons (Fsp3) is 0.812. The van der Waals surface area contributed by atoms with Crippen molar-refractivity contribution in [3.05, 3.63) is 11.8 Å². The minimum atomic E-state index is 0.165. The largest absolute Gasteiger partial charge is 0.395 e. The summed E-state index contributed by atoms with van der Waals surface area (Å²) in [7, 11) is 0. The van der Waals surface area contributed by atoms with E-state index in [1.165, 1.54) is 25.0 Å². The third kappa shape index (κ3) is 3.83. The van der Waals surface area contributed by atoms with Crippen LogP contribution in [0.2, 0.25) is 0 Å². The average molecular weight is 280 g/mol. The number of likely N-dealkylation sites (tertiary alicyclic amines) is 1. The highest BCUT2D eigenvalue weighted by molar-refractivity contribution is 5.80. The minimum absolute atomic E-state index is 0.165. The average Bonchev–Trinajstić information content (AvgIpc) is 2.87. The lowest BCUT2D eigenvalue weighted by molar-refractivity contribution is -0.131. The van der Waals surface area contributed by atoms with Crippen molar-refractivity contribution in [2.75, 3.05) is 26.2 Å². The van der Waals surface area contributed by atoms with Crippen molar-refractivity contribution in [1.29, 1.82) is 0 Å². The predicted molar refractivity (Wildman–Crippen MR) is 80.2 cm³/mol. The third-order valence-corrected chi connectivity index (χ3v) is 4.53. The van der Waals surface area contributed by atoms with Crippen molar-refractivity contribution in [3.63, 3.8) is 0 Å². The highest BCUT2D eigenvalue weighted by Gasteiger charge is 2.25. The zero-order chi connectivity index (χ0) is 14.4. The van der Waals surface area contributed by atoms with Gasteiger partial charge in [-0.1, -0.05) is 18.9 Å². The number of aliphatic hydroxyl groups is 1. The van der Waals surface area contributed by atoms with Crippen LogP contribution in [-0.4, -0.2) is 53.1 Å². The number of carbonyl (C=O) groups excluding carboxylic acids is 1. The highest BCUT2D eigenvalue weighted by Crippen LogP contribution is 2.22. The molecule has 4 nitrogen and oxygen atoms in total. The Bertz CT molecular complexity index is 354. The quantitative estimate of drug-likeness (QED) is 0.839. The number of hydrogen-bond acceptors (Lipinski definition) is 3. The lowest BCUT2D eigenvalue weighted by Gasteiger charge is -2.31. The first-order valence-electron chi connectivity index (χ1n) is 8.10. The van der Waals surface area contributed by atoms with Crippen LogP contribution in [0.4, 0.5) is 0 Å². The number of allylic oxidation sites excluding steroid dienone is 2. The van der Waals surface area contributed by atoms with Gasteiger partial charge in [0.2, 0.25) is 5.91 Å². The molecule has 0 saturated carbocycles. The Hall–Kier alpha value is -0.870. The van der Waals surface area contributed by atoms with Crippen molar-refractivity contribution < 1.29 is 9.90 Å². The standard InChI is InChI=1S/C16H28N2O2/c1-2-18(14-8-5-6-9-14)16(20)12-17-11-7-3-4-10-15(17)13-19/h8,15,19H,2-7,9-13H2,1H3. The summed E-state index contributed by atoms with van der Waals surface area (Å²) in [4.78, 5) is 16.7. The van der Waals surface area contributed by atoms with Crippen LogP contribution in [0.5, 0.6) is 0 Å².